The molecule has 1 amide bonds. The Balaban J connectivity index is 2.91. The van der Waals surface area contributed by atoms with E-state index in [0.717, 1.165) is 18.2 Å². The molecular formula is C12H14FNO4. The van der Waals surface area contributed by atoms with Gasteiger partial charge in [-0.05, 0) is 18.1 Å². The number of amides is 1. The van der Waals surface area contributed by atoms with Gasteiger partial charge in [0.25, 0.3) is 5.91 Å². The quantitative estimate of drug-likeness (QED) is 0.758. The van der Waals surface area contributed by atoms with Crippen LogP contribution in [0.5, 0.6) is 5.75 Å². The molecule has 1 atom stereocenters. The van der Waals surface area contributed by atoms with Gasteiger partial charge in [0.15, 0.2) is 0 Å². The van der Waals surface area contributed by atoms with Gasteiger partial charge in [0.1, 0.15) is 17.6 Å². The zero-order chi connectivity index (χ0) is 13.9. The van der Waals surface area contributed by atoms with Crippen LogP contribution in [0.1, 0.15) is 24.2 Å². The summed E-state index contributed by atoms with van der Waals surface area (Å²) < 4.78 is 13.4. The summed E-state index contributed by atoms with van der Waals surface area (Å²) in [6, 6.07) is 1.95. The molecule has 3 N–H and O–H groups in total. The van der Waals surface area contributed by atoms with Crippen LogP contribution in [0.4, 0.5) is 4.39 Å². The number of carboxylic acids is 1. The van der Waals surface area contributed by atoms with Gasteiger partial charge in [-0.2, -0.15) is 0 Å². The van der Waals surface area contributed by atoms with Crippen molar-refractivity contribution in [3.8, 4) is 5.75 Å². The smallest absolute Gasteiger partial charge is 0.326 e. The number of phenolic OH excluding ortho intramolecular Hbond substituents is 1. The van der Waals surface area contributed by atoms with Gasteiger partial charge in [0, 0.05) is 6.07 Å². The summed E-state index contributed by atoms with van der Waals surface area (Å²) >= 11 is 0. The van der Waals surface area contributed by atoms with E-state index < -0.39 is 23.7 Å². The molecule has 0 saturated carbocycles. The highest BCUT2D eigenvalue weighted by Gasteiger charge is 2.25. The first-order valence-corrected chi connectivity index (χ1v) is 5.35. The van der Waals surface area contributed by atoms with E-state index >= 15 is 0 Å². The molecule has 0 saturated heterocycles. The van der Waals surface area contributed by atoms with Crippen molar-refractivity contribution in [1.29, 1.82) is 0 Å². The lowest BCUT2D eigenvalue weighted by Crippen LogP contribution is -2.44. The molecule has 98 valence electrons. The molecule has 6 heteroatoms. The first-order valence-electron chi connectivity index (χ1n) is 5.35. The molecule has 1 aromatic rings. The zero-order valence-corrected chi connectivity index (χ0v) is 9.98. The SMILES string of the molecule is CC(C)[C@H](NC(=O)c1ccc(O)cc1F)C(=O)O. The molecule has 5 nitrogen and oxygen atoms in total. The fourth-order valence-electron chi connectivity index (χ4n) is 1.42. The Bertz CT molecular complexity index is 473. The van der Waals surface area contributed by atoms with E-state index in [4.69, 9.17) is 10.2 Å². The standard InChI is InChI=1S/C12H14FNO4/c1-6(2)10(12(17)18)14-11(16)8-4-3-7(15)5-9(8)13/h3-6,10,15H,1-2H3,(H,14,16)(H,17,18)/t10-/m0/s1. The third-order valence-corrected chi connectivity index (χ3v) is 2.42. The van der Waals surface area contributed by atoms with Crippen LogP contribution in [0.25, 0.3) is 0 Å². The minimum Gasteiger partial charge on any atom is -0.508 e. The molecule has 0 radical (unpaired) electrons. The molecule has 0 heterocycles. The van der Waals surface area contributed by atoms with Gasteiger partial charge in [-0.25, -0.2) is 9.18 Å². The van der Waals surface area contributed by atoms with Crippen molar-refractivity contribution in [2.45, 2.75) is 19.9 Å². The number of hydrogen-bond donors (Lipinski definition) is 3. The summed E-state index contributed by atoms with van der Waals surface area (Å²) in [4.78, 5) is 22.6. The van der Waals surface area contributed by atoms with Crippen LogP contribution in [-0.2, 0) is 4.79 Å². The maximum absolute atomic E-state index is 13.4. The van der Waals surface area contributed by atoms with E-state index in [2.05, 4.69) is 5.32 Å². The Morgan fingerprint density at radius 3 is 2.39 bits per heavy atom. The van der Waals surface area contributed by atoms with Crippen LogP contribution in [-0.4, -0.2) is 28.1 Å². The molecule has 0 bridgehead atoms. The minimum atomic E-state index is -1.18. The Morgan fingerprint density at radius 1 is 1.33 bits per heavy atom. The van der Waals surface area contributed by atoms with Crippen LogP contribution in [0.15, 0.2) is 18.2 Å². The number of aromatic hydroxyl groups is 1. The Hall–Kier alpha value is -2.11. The topological polar surface area (TPSA) is 86.6 Å². The monoisotopic (exact) mass is 255 g/mol. The van der Waals surface area contributed by atoms with Gasteiger partial charge >= 0.3 is 5.97 Å². The lowest BCUT2D eigenvalue weighted by Gasteiger charge is -2.18. The maximum Gasteiger partial charge on any atom is 0.326 e. The Kier molecular flexibility index (Phi) is 4.25. The highest BCUT2D eigenvalue weighted by atomic mass is 19.1. The number of carbonyl (C=O) groups is 2. The number of rotatable bonds is 4. The minimum absolute atomic E-state index is 0.303. The van der Waals surface area contributed by atoms with Gasteiger partial charge in [-0.15, -0.1) is 0 Å². The number of phenols is 1. The lowest BCUT2D eigenvalue weighted by atomic mass is 10.0. The van der Waals surface area contributed by atoms with Crippen LogP contribution in [0.2, 0.25) is 0 Å². The van der Waals surface area contributed by atoms with Crippen molar-refractivity contribution in [2.24, 2.45) is 5.92 Å². The van der Waals surface area contributed by atoms with E-state index in [0.29, 0.717) is 0 Å². The van der Waals surface area contributed by atoms with E-state index in [1.165, 1.54) is 0 Å². The van der Waals surface area contributed by atoms with E-state index in [9.17, 15) is 14.0 Å². The number of aliphatic carboxylic acids is 1. The van der Waals surface area contributed by atoms with E-state index in [1.807, 2.05) is 0 Å². The summed E-state index contributed by atoms with van der Waals surface area (Å²) in [5, 5.41) is 20.1. The predicted octanol–water partition coefficient (Wildman–Crippen LogP) is 1.37. The van der Waals surface area contributed by atoms with Gasteiger partial charge in [-0.1, -0.05) is 13.8 Å². The number of hydrogen-bond acceptors (Lipinski definition) is 3. The predicted molar refractivity (Wildman–Crippen MR) is 61.8 cm³/mol. The van der Waals surface area contributed by atoms with Crippen molar-refractivity contribution in [1.82, 2.24) is 5.32 Å². The molecule has 1 aromatic carbocycles. The third kappa shape index (κ3) is 3.19. The molecule has 0 spiro atoms. The molecular weight excluding hydrogens is 241 g/mol. The summed E-state index contributed by atoms with van der Waals surface area (Å²) in [6.07, 6.45) is 0. The number of benzene rings is 1. The molecule has 0 aromatic heterocycles. The number of nitrogens with one attached hydrogen (secondary N) is 1. The van der Waals surface area contributed by atoms with Crippen LogP contribution < -0.4 is 5.32 Å². The largest absolute Gasteiger partial charge is 0.508 e. The average Bonchev–Trinajstić information content (AvgIpc) is 2.24. The zero-order valence-electron chi connectivity index (χ0n) is 9.98. The number of carbonyl (C=O) groups excluding carboxylic acids is 1. The van der Waals surface area contributed by atoms with Crippen LogP contribution >= 0.6 is 0 Å². The van der Waals surface area contributed by atoms with Crippen molar-refractivity contribution in [2.75, 3.05) is 0 Å². The van der Waals surface area contributed by atoms with E-state index in [-0.39, 0.29) is 17.2 Å². The molecule has 18 heavy (non-hydrogen) atoms. The highest BCUT2D eigenvalue weighted by Crippen LogP contribution is 2.15. The molecule has 0 aliphatic rings. The molecule has 0 unspecified atom stereocenters. The Morgan fingerprint density at radius 2 is 1.94 bits per heavy atom. The second-order valence-electron chi connectivity index (χ2n) is 4.20. The summed E-state index contributed by atoms with van der Waals surface area (Å²) in [5.74, 6) is -3.54. The summed E-state index contributed by atoms with van der Waals surface area (Å²) in [7, 11) is 0. The van der Waals surface area contributed by atoms with Gasteiger partial charge in [0.2, 0.25) is 0 Å². The van der Waals surface area contributed by atoms with Gasteiger partial charge in [0.05, 0.1) is 5.56 Å². The van der Waals surface area contributed by atoms with Crippen LogP contribution in [0.3, 0.4) is 0 Å². The highest BCUT2D eigenvalue weighted by molar-refractivity contribution is 5.97. The van der Waals surface area contributed by atoms with Gasteiger partial charge in [-0.3, -0.25) is 4.79 Å². The van der Waals surface area contributed by atoms with Crippen LogP contribution in [0, 0.1) is 11.7 Å². The van der Waals surface area contributed by atoms with Crippen molar-refractivity contribution in [3.63, 3.8) is 0 Å². The lowest BCUT2D eigenvalue weighted by molar-refractivity contribution is -0.140. The number of halogens is 1. The normalized spacial score (nSPS) is 12.2. The fraction of sp³-hybridized carbons (Fsp3) is 0.333. The molecule has 0 fully saturated rings. The molecule has 0 aliphatic heterocycles. The first kappa shape index (κ1) is 14.0. The van der Waals surface area contributed by atoms with Crippen molar-refractivity contribution < 1.29 is 24.2 Å². The molecule has 1 rings (SSSR count). The first-order chi connectivity index (χ1) is 8.32. The van der Waals surface area contributed by atoms with Crippen molar-refractivity contribution >= 4 is 11.9 Å². The molecule has 0 aliphatic carbocycles. The van der Waals surface area contributed by atoms with E-state index in [1.54, 1.807) is 13.8 Å². The summed E-state index contributed by atoms with van der Waals surface area (Å²) in [6.45, 7) is 3.26. The second kappa shape index (κ2) is 5.48. The summed E-state index contributed by atoms with van der Waals surface area (Å²) in [5.41, 5.74) is -0.306. The second-order valence-corrected chi connectivity index (χ2v) is 4.20. The van der Waals surface area contributed by atoms with Gasteiger partial charge < -0.3 is 15.5 Å². The number of carboxylic acid groups (broad SMARTS) is 1. The van der Waals surface area contributed by atoms with Crippen molar-refractivity contribution in [3.05, 3.63) is 29.6 Å². The average molecular weight is 255 g/mol. The third-order valence-electron chi connectivity index (χ3n) is 2.42. The maximum atomic E-state index is 13.4. The Labute approximate surface area is 103 Å². The fourth-order valence-corrected chi connectivity index (χ4v) is 1.42.